The predicted octanol–water partition coefficient (Wildman–Crippen LogP) is 3.79. The van der Waals surface area contributed by atoms with E-state index in [-0.39, 0.29) is 0 Å². The molecule has 0 aliphatic carbocycles. The molecular formula is C12H13Cl2N3S. The number of nitrogens with one attached hydrogen (secondary N) is 1. The average molecular weight is 302 g/mol. The van der Waals surface area contributed by atoms with Gasteiger partial charge in [-0.15, -0.1) is 11.3 Å². The van der Waals surface area contributed by atoms with Gasteiger partial charge in [0, 0.05) is 17.6 Å². The van der Waals surface area contributed by atoms with Gasteiger partial charge in [-0.05, 0) is 19.5 Å². The van der Waals surface area contributed by atoms with Crippen LogP contribution in [-0.4, -0.2) is 17.0 Å². The summed E-state index contributed by atoms with van der Waals surface area (Å²) in [4.78, 5) is 10.1. The van der Waals surface area contributed by atoms with Gasteiger partial charge in [-0.1, -0.05) is 30.1 Å². The lowest BCUT2D eigenvalue weighted by atomic mass is 10.3. The first-order chi connectivity index (χ1) is 8.65. The van der Waals surface area contributed by atoms with E-state index in [1.807, 2.05) is 7.05 Å². The van der Waals surface area contributed by atoms with E-state index in [1.54, 1.807) is 23.6 Å². The first-order valence-corrected chi connectivity index (χ1v) is 7.17. The fourth-order valence-electron chi connectivity index (χ4n) is 1.63. The van der Waals surface area contributed by atoms with Gasteiger partial charge in [0.25, 0.3) is 0 Å². The van der Waals surface area contributed by atoms with Crippen molar-refractivity contribution in [2.45, 2.75) is 19.9 Å². The Morgan fingerprint density at radius 2 is 2.17 bits per heavy atom. The molecule has 0 bridgehead atoms. The summed E-state index contributed by atoms with van der Waals surface area (Å²) in [5, 5.41) is 5.06. The van der Waals surface area contributed by atoms with Crippen LogP contribution in [0.1, 0.15) is 17.5 Å². The highest BCUT2D eigenvalue weighted by Crippen LogP contribution is 2.32. The zero-order chi connectivity index (χ0) is 13.1. The fraction of sp³-hybridized carbons (Fsp3) is 0.333. The first-order valence-electron chi connectivity index (χ1n) is 5.60. The molecule has 18 heavy (non-hydrogen) atoms. The van der Waals surface area contributed by atoms with Crippen LogP contribution in [0.3, 0.4) is 0 Å². The number of halogens is 2. The van der Waals surface area contributed by atoms with Gasteiger partial charge in [0.05, 0.1) is 15.7 Å². The van der Waals surface area contributed by atoms with E-state index in [1.165, 1.54) is 4.88 Å². The highest BCUT2D eigenvalue weighted by atomic mass is 35.5. The lowest BCUT2D eigenvalue weighted by Gasteiger charge is -1.99. The number of rotatable bonds is 4. The summed E-state index contributed by atoms with van der Waals surface area (Å²) >= 11 is 13.6. The van der Waals surface area contributed by atoms with Crippen LogP contribution in [0.5, 0.6) is 0 Å². The minimum atomic E-state index is 0.534. The summed E-state index contributed by atoms with van der Waals surface area (Å²) in [5.41, 5.74) is 1.79. The van der Waals surface area contributed by atoms with Gasteiger partial charge in [0.2, 0.25) is 0 Å². The molecule has 0 aromatic carbocycles. The zero-order valence-corrected chi connectivity index (χ0v) is 12.5. The molecule has 0 saturated heterocycles. The number of pyridine rings is 1. The molecule has 3 nitrogen and oxygen atoms in total. The molecule has 2 rings (SSSR count). The maximum Gasteiger partial charge on any atom is 0.143 e. The van der Waals surface area contributed by atoms with Crippen molar-refractivity contribution in [1.82, 2.24) is 15.3 Å². The highest BCUT2D eigenvalue weighted by Gasteiger charge is 2.14. The zero-order valence-electron chi connectivity index (χ0n) is 10.1. The number of aromatic nitrogens is 2. The molecule has 1 N–H and O–H groups in total. The summed E-state index contributed by atoms with van der Waals surface area (Å²) in [5.74, 6) is 0. The van der Waals surface area contributed by atoms with Gasteiger partial charge >= 0.3 is 0 Å². The van der Waals surface area contributed by atoms with Crippen molar-refractivity contribution in [2.24, 2.45) is 0 Å². The molecule has 0 atom stereocenters. The Hall–Kier alpha value is -0.680. The summed E-state index contributed by atoms with van der Waals surface area (Å²) in [6, 6.07) is 1.69. The van der Waals surface area contributed by atoms with Crippen molar-refractivity contribution >= 4 is 34.5 Å². The molecule has 0 fully saturated rings. The van der Waals surface area contributed by atoms with E-state index in [0.29, 0.717) is 15.7 Å². The SMILES string of the molecule is CCc1nc(-c2ncc(Cl)cc2Cl)sc1CNC. The van der Waals surface area contributed by atoms with Gasteiger partial charge in [-0.3, -0.25) is 4.98 Å². The number of aryl methyl sites for hydroxylation is 1. The molecule has 2 heterocycles. The van der Waals surface area contributed by atoms with Crippen LogP contribution in [0, 0.1) is 0 Å². The third-order valence-electron chi connectivity index (χ3n) is 2.46. The monoisotopic (exact) mass is 301 g/mol. The first kappa shape index (κ1) is 13.7. The molecule has 0 saturated carbocycles. The molecule has 0 aliphatic rings. The van der Waals surface area contributed by atoms with Crippen molar-refractivity contribution in [2.75, 3.05) is 7.05 Å². The predicted molar refractivity (Wildman–Crippen MR) is 77.5 cm³/mol. The second kappa shape index (κ2) is 5.97. The van der Waals surface area contributed by atoms with Crippen LogP contribution in [0.25, 0.3) is 10.7 Å². The summed E-state index contributed by atoms with van der Waals surface area (Å²) in [6.45, 7) is 2.90. The quantitative estimate of drug-likeness (QED) is 0.933. The van der Waals surface area contributed by atoms with Crippen molar-refractivity contribution in [3.05, 3.63) is 32.9 Å². The van der Waals surface area contributed by atoms with Gasteiger partial charge in [-0.25, -0.2) is 4.98 Å². The van der Waals surface area contributed by atoms with E-state index in [0.717, 1.165) is 23.7 Å². The van der Waals surface area contributed by atoms with Gasteiger partial charge in [0.1, 0.15) is 10.7 Å². The second-order valence-corrected chi connectivity index (χ2v) is 5.68. The summed E-state index contributed by atoms with van der Waals surface area (Å²) in [6.07, 6.45) is 2.49. The van der Waals surface area contributed by atoms with Crippen LogP contribution in [-0.2, 0) is 13.0 Å². The molecule has 0 aliphatic heterocycles. The molecule has 0 radical (unpaired) electrons. The number of hydrogen-bond acceptors (Lipinski definition) is 4. The summed E-state index contributed by atoms with van der Waals surface area (Å²) in [7, 11) is 1.92. The third-order valence-corrected chi connectivity index (χ3v) is 4.06. The van der Waals surface area contributed by atoms with E-state index < -0.39 is 0 Å². The van der Waals surface area contributed by atoms with Crippen LogP contribution < -0.4 is 5.32 Å². The normalized spacial score (nSPS) is 10.9. The maximum atomic E-state index is 6.15. The second-order valence-electron chi connectivity index (χ2n) is 3.76. The Morgan fingerprint density at radius 1 is 1.39 bits per heavy atom. The van der Waals surface area contributed by atoms with Crippen LogP contribution in [0.4, 0.5) is 0 Å². The Balaban J connectivity index is 2.44. The lowest BCUT2D eigenvalue weighted by molar-refractivity contribution is 0.814. The number of hydrogen-bond donors (Lipinski definition) is 1. The largest absolute Gasteiger partial charge is 0.315 e. The van der Waals surface area contributed by atoms with Crippen molar-refractivity contribution in [1.29, 1.82) is 0 Å². The fourth-order valence-corrected chi connectivity index (χ4v) is 3.33. The number of thiazole rings is 1. The molecule has 96 valence electrons. The van der Waals surface area contributed by atoms with Crippen LogP contribution >= 0.6 is 34.5 Å². The Bertz CT molecular complexity index is 554. The molecule has 0 amide bonds. The Labute approximate surface area is 120 Å². The third kappa shape index (κ3) is 2.83. The van der Waals surface area contributed by atoms with E-state index in [9.17, 15) is 0 Å². The standard InChI is InChI=1S/C12H13Cl2N3S/c1-3-9-10(6-15-2)18-12(17-9)11-8(14)4-7(13)5-16-11/h4-5,15H,3,6H2,1-2H3. The van der Waals surface area contributed by atoms with Gasteiger partial charge in [-0.2, -0.15) is 0 Å². The minimum absolute atomic E-state index is 0.534. The molecule has 0 spiro atoms. The lowest BCUT2D eigenvalue weighted by Crippen LogP contribution is -2.05. The Kier molecular flexibility index (Phi) is 4.56. The van der Waals surface area contributed by atoms with E-state index in [4.69, 9.17) is 23.2 Å². The molecular weight excluding hydrogens is 289 g/mol. The molecule has 2 aromatic heterocycles. The summed E-state index contributed by atoms with van der Waals surface area (Å²) < 4.78 is 0. The van der Waals surface area contributed by atoms with Crippen molar-refractivity contribution < 1.29 is 0 Å². The van der Waals surface area contributed by atoms with E-state index in [2.05, 4.69) is 22.2 Å². The van der Waals surface area contributed by atoms with Gasteiger partial charge in [0.15, 0.2) is 0 Å². The smallest absolute Gasteiger partial charge is 0.143 e. The van der Waals surface area contributed by atoms with Crippen molar-refractivity contribution in [3.63, 3.8) is 0 Å². The Morgan fingerprint density at radius 3 is 2.78 bits per heavy atom. The highest BCUT2D eigenvalue weighted by molar-refractivity contribution is 7.15. The number of nitrogens with zero attached hydrogens (tertiary/aromatic N) is 2. The minimum Gasteiger partial charge on any atom is -0.315 e. The van der Waals surface area contributed by atoms with Crippen molar-refractivity contribution in [3.8, 4) is 10.7 Å². The maximum absolute atomic E-state index is 6.15. The molecule has 6 heteroatoms. The topological polar surface area (TPSA) is 37.8 Å². The molecule has 2 aromatic rings. The molecule has 0 unspecified atom stereocenters. The van der Waals surface area contributed by atoms with E-state index >= 15 is 0 Å². The van der Waals surface area contributed by atoms with Gasteiger partial charge < -0.3 is 5.32 Å². The van der Waals surface area contributed by atoms with Crippen LogP contribution in [0.2, 0.25) is 10.0 Å². The van der Waals surface area contributed by atoms with Crippen LogP contribution in [0.15, 0.2) is 12.3 Å². The average Bonchev–Trinajstić information content (AvgIpc) is 2.72.